The van der Waals surface area contributed by atoms with Crippen LogP contribution in [0.3, 0.4) is 0 Å². The molecule has 1 heterocycles. The molecule has 0 radical (unpaired) electrons. The summed E-state index contributed by atoms with van der Waals surface area (Å²) in [4.78, 5) is 18.7. The number of rotatable bonds is 4. The van der Waals surface area contributed by atoms with Crippen LogP contribution in [0, 0.1) is 5.82 Å². The molecule has 5 heteroatoms. The second kappa shape index (κ2) is 9.39. The summed E-state index contributed by atoms with van der Waals surface area (Å²) >= 11 is 0. The number of methoxy groups -OCH3 is 1. The smallest absolute Gasteiger partial charge is 0.258 e. The summed E-state index contributed by atoms with van der Waals surface area (Å²) in [6.45, 7) is 0.680. The highest BCUT2D eigenvalue weighted by Gasteiger charge is 2.54. The van der Waals surface area contributed by atoms with E-state index in [0.29, 0.717) is 17.9 Å². The van der Waals surface area contributed by atoms with E-state index in [1.165, 1.54) is 28.3 Å². The number of nitrogens with zero attached hydrogens (tertiary/aromatic N) is 2. The first-order valence-electron chi connectivity index (χ1n) is 13.6. The molecule has 38 heavy (non-hydrogen) atoms. The maximum Gasteiger partial charge on any atom is 0.258 e. The van der Waals surface area contributed by atoms with Crippen molar-refractivity contribution in [3.8, 4) is 5.75 Å². The molecule has 3 aromatic carbocycles. The van der Waals surface area contributed by atoms with Gasteiger partial charge in [0.25, 0.3) is 5.91 Å². The van der Waals surface area contributed by atoms with E-state index >= 15 is 0 Å². The molecule has 1 aliphatic heterocycles. The van der Waals surface area contributed by atoms with Crippen molar-refractivity contribution >= 4 is 11.5 Å². The van der Waals surface area contributed by atoms with Gasteiger partial charge in [0.2, 0.25) is 0 Å². The lowest BCUT2D eigenvalue weighted by Gasteiger charge is -2.56. The van der Waals surface area contributed by atoms with Crippen LogP contribution in [0.25, 0.3) is 5.57 Å². The zero-order valence-corrected chi connectivity index (χ0v) is 22.5. The minimum absolute atomic E-state index is 0.0352. The Morgan fingerprint density at radius 1 is 0.947 bits per heavy atom. The van der Waals surface area contributed by atoms with Crippen LogP contribution in [0.15, 0.2) is 78.4 Å². The third-order valence-corrected chi connectivity index (χ3v) is 9.44. The highest BCUT2D eigenvalue weighted by molar-refractivity contribution is 5.98. The SMILES string of the molecule is COc1ccccc1C(=O)N1CCC2=C(Cc3ccccc32)C12CCC(c1cccc(F)c1)(N(C)C)CC2. The van der Waals surface area contributed by atoms with Gasteiger partial charge < -0.3 is 9.64 Å². The van der Waals surface area contributed by atoms with Gasteiger partial charge in [-0.25, -0.2) is 4.39 Å². The summed E-state index contributed by atoms with van der Waals surface area (Å²) in [7, 11) is 5.81. The van der Waals surface area contributed by atoms with Crippen LogP contribution in [0.1, 0.15) is 59.2 Å². The number of hydrogen-bond donors (Lipinski definition) is 0. The fourth-order valence-corrected chi connectivity index (χ4v) is 7.44. The van der Waals surface area contributed by atoms with Gasteiger partial charge in [-0.2, -0.15) is 0 Å². The van der Waals surface area contributed by atoms with Gasteiger partial charge in [0, 0.05) is 12.1 Å². The van der Waals surface area contributed by atoms with E-state index < -0.39 is 0 Å². The highest BCUT2D eigenvalue weighted by Crippen LogP contribution is 2.55. The fraction of sp³-hybridized carbons (Fsp3) is 0.364. The van der Waals surface area contributed by atoms with Crippen molar-refractivity contribution in [3.05, 3.63) is 106 Å². The molecule has 1 spiro atoms. The molecule has 0 atom stereocenters. The van der Waals surface area contributed by atoms with Crippen LogP contribution >= 0.6 is 0 Å². The van der Waals surface area contributed by atoms with Crippen molar-refractivity contribution in [1.82, 2.24) is 9.80 Å². The molecule has 3 aromatic rings. The molecule has 2 aliphatic carbocycles. The number of ether oxygens (including phenoxy) is 1. The van der Waals surface area contributed by atoms with Crippen LogP contribution in [-0.4, -0.2) is 49.0 Å². The monoisotopic (exact) mass is 510 g/mol. The van der Waals surface area contributed by atoms with Gasteiger partial charge in [0.15, 0.2) is 0 Å². The molecule has 4 nitrogen and oxygen atoms in total. The third-order valence-electron chi connectivity index (χ3n) is 9.44. The maximum absolute atomic E-state index is 14.4. The van der Waals surface area contributed by atoms with Crippen LogP contribution in [-0.2, 0) is 12.0 Å². The topological polar surface area (TPSA) is 32.8 Å². The molecule has 196 valence electrons. The lowest BCUT2D eigenvalue weighted by molar-refractivity contribution is 0.00700. The Morgan fingerprint density at radius 3 is 2.42 bits per heavy atom. The number of para-hydroxylation sites is 1. The second-order valence-electron chi connectivity index (χ2n) is 11.2. The average molecular weight is 511 g/mol. The van der Waals surface area contributed by atoms with Crippen molar-refractivity contribution in [2.75, 3.05) is 27.7 Å². The molecule has 0 N–H and O–H groups in total. The highest BCUT2D eigenvalue weighted by atomic mass is 19.1. The van der Waals surface area contributed by atoms with Gasteiger partial charge in [-0.05, 0) is 105 Å². The molecule has 0 aromatic heterocycles. The minimum atomic E-state index is -0.378. The predicted molar refractivity (Wildman–Crippen MR) is 149 cm³/mol. The number of carbonyl (C=O) groups excluding carboxylic acids is 1. The zero-order valence-electron chi connectivity index (χ0n) is 22.5. The maximum atomic E-state index is 14.4. The average Bonchev–Trinajstić information content (AvgIpc) is 3.33. The Labute approximate surface area is 224 Å². The quantitative estimate of drug-likeness (QED) is 0.404. The Kier molecular flexibility index (Phi) is 6.14. The lowest BCUT2D eigenvalue weighted by atomic mass is 9.63. The lowest BCUT2D eigenvalue weighted by Crippen LogP contribution is -2.60. The van der Waals surface area contributed by atoms with E-state index in [0.717, 1.165) is 44.1 Å². The number of carbonyl (C=O) groups is 1. The third kappa shape index (κ3) is 3.70. The molecule has 0 bridgehead atoms. The second-order valence-corrected chi connectivity index (χ2v) is 11.2. The van der Waals surface area contributed by atoms with Crippen molar-refractivity contribution in [2.45, 2.75) is 49.6 Å². The summed E-state index contributed by atoms with van der Waals surface area (Å²) in [5, 5.41) is 0. The summed E-state index contributed by atoms with van der Waals surface area (Å²) < 4.78 is 20.0. The Balaban J connectivity index is 1.44. The van der Waals surface area contributed by atoms with Gasteiger partial charge >= 0.3 is 0 Å². The molecule has 1 fully saturated rings. The number of halogens is 1. The first-order valence-corrected chi connectivity index (χ1v) is 13.6. The normalized spacial score (nSPS) is 24.5. The van der Waals surface area contributed by atoms with Crippen LogP contribution in [0.4, 0.5) is 4.39 Å². The summed E-state index contributed by atoms with van der Waals surface area (Å²) in [5.74, 6) is 0.444. The van der Waals surface area contributed by atoms with Gasteiger partial charge in [0.1, 0.15) is 11.6 Å². The predicted octanol–water partition coefficient (Wildman–Crippen LogP) is 6.46. The molecule has 1 amide bonds. The van der Waals surface area contributed by atoms with Gasteiger partial charge in [-0.1, -0.05) is 48.5 Å². The zero-order chi connectivity index (χ0) is 26.5. The Morgan fingerprint density at radius 2 is 1.68 bits per heavy atom. The number of fused-ring (bicyclic) bond motifs is 3. The summed E-state index contributed by atoms with van der Waals surface area (Å²) in [6.07, 6.45) is 5.08. The minimum Gasteiger partial charge on any atom is -0.496 e. The first kappa shape index (κ1) is 24.9. The van der Waals surface area contributed by atoms with Gasteiger partial charge in [0.05, 0.1) is 18.2 Å². The van der Waals surface area contributed by atoms with E-state index in [9.17, 15) is 9.18 Å². The van der Waals surface area contributed by atoms with E-state index in [2.05, 4.69) is 54.2 Å². The molecule has 0 unspecified atom stereocenters. The van der Waals surface area contributed by atoms with Gasteiger partial charge in [-0.3, -0.25) is 9.69 Å². The summed E-state index contributed by atoms with van der Waals surface area (Å²) in [6, 6.07) is 23.3. The number of benzene rings is 3. The van der Waals surface area contributed by atoms with Gasteiger partial charge in [-0.15, -0.1) is 0 Å². The molecular formula is C33H35FN2O2. The molecule has 3 aliphatic rings. The van der Waals surface area contributed by atoms with E-state index in [-0.39, 0.29) is 22.8 Å². The van der Waals surface area contributed by atoms with Crippen LogP contribution < -0.4 is 4.74 Å². The standard InChI is InChI=1S/C33H35FN2O2/c1-35(2)32(24-10-8-11-25(34)22-24)16-18-33(19-17-32)29-21-23-9-4-5-12-26(23)27(29)15-20-36(33)31(37)28-13-6-7-14-30(28)38-3/h4-14,22H,15-21H2,1-3H3. The van der Waals surface area contributed by atoms with Crippen LogP contribution in [0.2, 0.25) is 0 Å². The Hall–Kier alpha value is -3.44. The molecule has 6 rings (SSSR count). The number of amides is 1. The molecule has 0 saturated heterocycles. The summed E-state index contributed by atoms with van der Waals surface area (Å²) in [5.41, 5.74) is 6.50. The van der Waals surface area contributed by atoms with E-state index in [1.807, 2.05) is 30.3 Å². The van der Waals surface area contributed by atoms with Crippen LogP contribution in [0.5, 0.6) is 5.75 Å². The molecule has 1 saturated carbocycles. The molecular weight excluding hydrogens is 475 g/mol. The van der Waals surface area contributed by atoms with E-state index in [4.69, 9.17) is 4.74 Å². The number of hydrogen-bond acceptors (Lipinski definition) is 3. The van der Waals surface area contributed by atoms with Crippen molar-refractivity contribution in [3.63, 3.8) is 0 Å². The van der Waals surface area contributed by atoms with Crippen molar-refractivity contribution < 1.29 is 13.9 Å². The fourth-order valence-electron chi connectivity index (χ4n) is 7.44. The van der Waals surface area contributed by atoms with Crippen molar-refractivity contribution in [1.29, 1.82) is 0 Å². The van der Waals surface area contributed by atoms with E-state index in [1.54, 1.807) is 13.2 Å². The first-order chi connectivity index (χ1) is 18.4. The Bertz CT molecular complexity index is 1420. The largest absolute Gasteiger partial charge is 0.496 e. The van der Waals surface area contributed by atoms with Crippen molar-refractivity contribution in [2.24, 2.45) is 0 Å².